The van der Waals surface area contributed by atoms with Gasteiger partial charge in [-0.3, -0.25) is 0 Å². The van der Waals surface area contributed by atoms with Gasteiger partial charge in [-0.2, -0.15) is 5.10 Å². The molecule has 1 unspecified atom stereocenters. The van der Waals surface area contributed by atoms with Gasteiger partial charge in [-0.25, -0.2) is 14.0 Å². The van der Waals surface area contributed by atoms with Crippen molar-refractivity contribution in [1.82, 2.24) is 19.7 Å². The zero-order chi connectivity index (χ0) is 17.9. The summed E-state index contributed by atoms with van der Waals surface area (Å²) in [6, 6.07) is 18.1. The maximum Gasteiger partial charge on any atom is 0.350 e. The van der Waals surface area contributed by atoms with Gasteiger partial charge in [-0.05, 0) is 44.0 Å². The van der Waals surface area contributed by atoms with Crippen LogP contribution >= 0.6 is 12.4 Å². The lowest BCUT2D eigenvalue weighted by molar-refractivity contribution is 0.439. The standard InChI is InChI=1S/C21H24N4O.ClH/c1-16-7-5-8-17(13-16)15-24-21(26)25(19-10-3-2-4-11-19)20(23-24)18-9-6-12-22-14-18;/h2-5,7-8,10-11,13,18,22H,6,9,12,14-15H2,1H3;1H. The molecule has 1 N–H and O–H groups in total. The van der Waals surface area contributed by atoms with Crippen molar-refractivity contribution < 1.29 is 0 Å². The van der Waals surface area contributed by atoms with Gasteiger partial charge in [-0.1, -0.05) is 48.0 Å². The molecule has 3 aromatic rings. The Hall–Kier alpha value is -2.37. The lowest BCUT2D eigenvalue weighted by Gasteiger charge is -2.22. The molecule has 0 radical (unpaired) electrons. The third kappa shape index (κ3) is 4.15. The van der Waals surface area contributed by atoms with E-state index in [9.17, 15) is 4.79 Å². The first-order chi connectivity index (χ1) is 12.7. The summed E-state index contributed by atoms with van der Waals surface area (Å²) < 4.78 is 3.39. The van der Waals surface area contributed by atoms with E-state index in [4.69, 9.17) is 5.10 Å². The number of hydrogen-bond acceptors (Lipinski definition) is 3. The van der Waals surface area contributed by atoms with Gasteiger partial charge in [0.1, 0.15) is 5.82 Å². The summed E-state index contributed by atoms with van der Waals surface area (Å²) in [6.45, 7) is 4.46. The molecule has 0 bridgehead atoms. The van der Waals surface area contributed by atoms with Crippen LogP contribution in [0, 0.1) is 6.92 Å². The van der Waals surface area contributed by atoms with E-state index in [1.165, 1.54) is 5.56 Å². The molecule has 1 saturated heterocycles. The number of rotatable bonds is 4. The van der Waals surface area contributed by atoms with E-state index in [-0.39, 0.29) is 24.0 Å². The number of nitrogens with zero attached hydrogens (tertiary/aromatic N) is 3. The van der Waals surface area contributed by atoms with Crippen molar-refractivity contribution in [3.05, 3.63) is 82.0 Å². The maximum atomic E-state index is 13.2. The Balaban J connectivity index is 0.00000210. The number of piperidine rings is 1. The predicted molar refractivity (Wildman–Crippen MR) is 110 cm³/mol. The average Bonchev–Trinajstić information content (AvgIpc) is 2.99. The molecule has 0 saturated carbocycles. The van der Waals surface area contributed by atoms with Crippen LogP contribution in [0.4, 0.5) is 0 Å². The topological polar surface area (TPSA) is 51.9 Å². The van der Waals surface area contributed by atoms with E-state index in [1.807, 2.05) is 42.5 Å². The Kier molecular flexibility index (Phi) is 6.14. The summed E-state index contributed by atoms with van der Waals surface area (Å²) in [5.41, 5.74) is 3.10. The second-order valence-corrected chi connectivity index (χ2v) is 7.00. The zero-order valence-electron chi connectivity index (χ0n) is 15.5. The molecule has 0 spiro atoms. The first-order valence-electron chi connectivity index (χ1n) is 9.24. The molecule has 0 aliphatic carbocycles. The number of halogens is 1. The largest absolute Gasteiger partial charge is 0.350 e. The molecular weight excluding hydrogens is 360 g/mol. The average molecular weight is 385 g/mol. The van der Waals surface area contributed by atoms with E-state index < -0.39 is 0 Å². The van der Waals surface area contributed by atoms with Gasteiger partial charge in [-0.15, -0.1) is 12.4 Å². The molecule has 2 heterocycles. The second kappa shape index (κ2) is 8.55. The van der Waals surface area contributed by atoms with Crippen LogP contribution in [-0.4, -0.2) is 27.4 Å². The van der Waals surface area contributed by atoms with E-state index in [1.54, 1.807) is 9.25 Å². The highest BCUT2D eigenvalue weighted by atomic mass is 35.5. The van der Waals surface area contributed by atoms with Crippen LogP contribution in [-0.2, 0) is 6.54 Å². The summed E-state index contributed by atoms with van der Waals surface area (Å²) in [5.74, 6) is 1.12. The predicted octanol–water partition coefficient (Wildman–Crippen LogP) is 3.28. The van der Waals surface area contributed by atoms with Crippen molar-refractivity contribution in [2.75, 3.05) is 13.1 Å². The van der Waals surface area contributed by atoms with Crippen LogP contribution in [0.5, 0.6) is 0 Å². The number of aromatic nitrogens is 3. The molecule has 1 aromatic heterocycles. The van der Waals surface area contributed by atoms with Crippen molar-refractivity contribution in [3.8, 4) is 5.69 Å². The molecule has 4 rings (SSSR count). The monoisotopic (exact) mass is 384 g/mol. The third-order valence-electron chi connectivity index (χ3n) is 4.96. The lowest BCUT2D eigenvalue weighted by Crippen LogP contribution is -2.31. The number of benzene rings is 2. The first-order valence-corrected chi connectivity index (χ1v) is 9.24. The van der Waals surface area contributed by atoms with E-state index in [2.05, 4.69) is 24.4 Å². The Morgan fingerprint density at radius 2 is 1.96 bits per heavy atom. The van der Waals surface area contributed by atoms with E-state index in [0.29, 0.717) is 6.54 Å². The van der Waals surface area contributed by atoms with Gasteiger partial charge >= 0.3 is 5.69 Å². The minimum absolute atomic E-state index is 0. The molecule has 27 heavy (non-hydrogen) atoms. The molecule has 1 aliphatic rings. The fraction of sp³-hybridized carbons (Fsp3) is 0.333. The quantitative estimate of drug-likeness (QED) is 0.751. The van der Waals surface area contributed by atoms with Crippen LogP contribution < -0.4 is 11.0 Å². The van der Waals surface area contributed by atoms with Crippen molar-refractivity contribution in [3.63, 3.8) is 0 Å². The van der Waals surface area contributed by atoms with Crippen LogP contribution in [0.25, 0.3) is 5.69 Å². The molecular formula is C21H25ClN4O. The Bertz CT molecular complexity index is 942. The molecule has 142 valence electrons. The maximum absolute atomic E-state index is 13.2. The van der Waals surface area contributed by atoms with Gasteiger partial charge in [0.15, 0.2) is 0 Å². The van der Waals surface area contributed by atoms with Crippen LogP contribution in [0.15, 0.2) is 59.4 Å². The van der Waals surface area contributed by atoms with E-state index in [0.717, 1.165) is 43.0 Å². The fourth-order valence-corrected chi connectivity index (χ4v) is 3.67. The van der Waals surface area contributed by atoms with Crippen molar-refractivity contribution in [2.24, 2.45) is 0 Å². The van der Waals surface area contributed by atoms with Gasteiger partial charge < -0.3 is 5.32 Å². The van der Waals surface area contributed by atoms with Crippen LogP contribution in [0.1, 0.15) is 35.7 Å². The smallest absolute Gasteiger partial charge is 0.316 e. The molecule has 1 fully saturated rings. The highest BCUT2D eigenvalue weighted by Gasteiger charge is 2.24. The summed E-state index contributed by atoms with van der Waals surface area (Å²) in [6.07, 6.45) is 2.17. The van der Waals surface area contributed by atoms with Crippen molar-refractivity contribution >= 4 is 12.4 Å². The summed E-state index contributed by atoms with van der Waals surface area (Å²) in [4.78, 5) is 13.2. The number of hydrogen-bond donors (Lipinski definition) is 1. The minimum Gasteiger partial charge on any atom is -0.316 e. The normalized spacial score (nSPS) is 16.7. The molecule has 1 aliphatic heterocycles. The van der Waals surface area contributed by atoms with Gasteiger partial charge in [0.25, 0.3) is 0 Å². The first kappa shape index (κ1) is 19.4. The Labute approximate surface area is 165 Å². The summed E-state index contributed by atoms with van der Waals surface area (Å²) in [7, 11) is 0. The Morgan fingerprint density at radius 1 is 1.15 bits per heavy atom. The third-order valence-corrected chi connectivity index (χ3v) is 4.96. The summed E-state index contributed by atoms with van der Waals surface area (Å²) in [5, 5.41) is 8.20. The molecule has 6 heteroatoms. The van der Waals surface area contributed by atoms with Gasteiger partial charge in [0.05, 0.1) is 12.2 Å². The van der Waals surface area contributed by atoms with Crippen LogP contribution in [0.2, 0.25) is 0 Å². The van der Waals surface area contributed by atoms with E-state index >= 15 is 0 Å². The number of para-hydroxylation sites is 1. The second-order valence-electron chi connectivity index (χ2n) is 7.00. The fourth-order valence-electron chi connectivity index (χ4n) is 3.67. The minimum atomic E-state index is -0.0710. The Morgan fingerprint density at radius 3 is 2.67 bits per heavy atom. The highest BCUT2D eigenvalue weighted by Crippen LogP contribution is 2.23. The molecule has 2 aromatic carbocycles. The lowest BCUT2D eigenvalue weighted by atomic mass is 9.99. The number of aryl methyl sites for hydroxylation is 1. The zero-order valence-corrected chi connectivity index (χ0v) is 16.3. The van der Waals surface area contributed by atoms with Gasteiger partial charge in [0.2, 0.25) is 0 Å². The number of nitrogens with one attached hydrogen (secondary N) is 1. The highest BCUT2D eigenvalue weighted by molar-refractivity contribution is 5.85. The summed E-state index contributed by atoms with van der Waals surface area (Å²) >= 11 is 0. The molecule has 0 amide bonds. The van der Waals surface area contributed by atoms with Crippen molar-refractivity contribution in [2.45, 2.75) is 32.2 Å². The van der Waals surface area contributed by atoms with Crippen LogP contribution in [0.3, 0.4) is 0 Å². The molecule has 1 atom stereocenters. The SMILES string of the molecule is Cc1cccc(Cn2nc(C3CCCNC3)n(-c3ccccc3)c2=O)c1.Cl. The van der Waals surface area contributed by atoms with Crippen molar-refractivity contribution in [1.29, 1.82) is 0 Å². The van der Waals surface area contributed by atoms with Gasteiger partial charge in [0, 0.05) is 12.5 Å². The molecule has 5 nitrogen and oxygen atoms in total.